The highest BCUT2D eigenvalue weighted by Gasteiger charge is 2.01. The number of amides is 1. The van der Waals surface area contributed by atoms with Gasteiger partial charge in [0.25, 0.3) is 0 Å². The van der Waals surface area contributed by atoms with E-state index >= 15 is 0 Å². The molecule has 0 aliphatic carbocycles. The molecular formula is C11H15N3O2. The molecule has 0 aliphatic rings. The van der Waals surface area contributed by atoms with Crippen molar-refractivity contribution >= 4 is 17.3 Å². The number of rotatable bonds is 5. The van der Waals surface area contributed by atoms with Gasteiger partial charge in [0.05, 0.1) is 0 Å². The Labute approximate surface area is 94.4 Å². The first-order valence-electron chi connectivity index (χ1n) is 5.02. The monoisotopic (exact) mass is 221 g/mol. The van der Waals surface area contributed by atoms with Gasteiger partial charge in [-0.05, 0) is 29.4 Å². The van der Waals surface area contributed by atoms with Gasteiger partial charge in [-0.1, -0.05) is 0 Å². The third-order valence-electron chi connectivity index (χ3n) is 2.22. The van der Waals surface area contributed by atoms with E-state index in [1.807, 2.05) is 24.1 Å². The van der Waals surface area contributed by atoms with Crippen molar-refractivity contribution in [2.24, 2.45) is 5.18 Å². The fourth-order valence-electron chi connectivity index (χ4n) is 1.30. The van der Waals surface area contributed by atoms with Crippen LogP contribution in [0.3, 0.4) is 0 Å². The van der Waals surface area contributed by atoms with Crippen molar-refractivity contribution in [1.29, 1.82) is 0 Å². The van der Waals surface area contributed by atoms with E-state index in [9.17, 15) is 9.70 Å². The molecule has 0 spiro atoms. The minimum absolute atomic E-state index is 0.0334. The van der Waals surface area contributed by atoms with Crippen molar-refractivity contribution in [3.05, 3.63) is 29.2 Å². The molecule has 1 rings (SSSR count). The molecule has 1 N–H and O–H groups in total. The number of hydrogen-bond donors (Lipinski definition) is 1. The normalized spacial score (nSPS) is 9.62. The van der Waals surface area contributed by atoms with Crippen LogP contribution in [-0.4, -0.2) is 26.0 Å². The van der Waals surface area contributed by atoms with Crippen LogP contribution in [0.5, 0.6) is 0 Å². The SMILES string of the molecule is CC(=O)NCCN(C)c1ccc(N=O)cc1. The Morgan fingerprint density at radius 1 is 1.38 bits per heavy atom. The first kappa shape index (κ1) is 12.2. The van der Waals surface area contributed by atoms with Crippen molar-refractivity contribution in [2.45, 2.75) is 6.92 Å². The number of nitrogens with one attached hydrogen (secondary N) is 1. The Morgan fingerprint density at radius 2 is 2.00 bits per heavy atom. The number of likely N-dealkylation sites (N-methyl/N-ethyl adjacent to an activating group) is 1. The number of hydrogen-bond acceptors (Lipinski definition) is 4. The minimum atomic E-state index is -0.0334. The lowest BCUT2D eigenvalue weighted by atomic mass is 10.2. The highest BCUT2D eigenvalue weighted by Crippen LogP contribution is 2.17. The van der Waals surface area contributed by atoms with Crippen LogP contribution in [-0.2, 0) is 4.79 Å². The number of nitrogens with zero attached hydrogens (tertiary/aromatic N) is 2. The van der Waals surface area contributed by atoms with Crippen molar-refractivity contribution in [3.8, 4) is 0 Å². The molecule has 1 aromatic carbocycles. The second-order valence-electron chi connectivity index (χ2n) is 3.51. The van der Waals surface area contributed by atoms with Crippen LogP contribution in [0.2, 0.25) is 0 Å². The maximum Gasteiger partial charge on any atom is 0.216 e. The molecule has 0 unspecified atom stereocenters. The second-order valence-corrected chi connectivity index (χ2v) is 3.51. The highest BCUT2D eigenvalue weighted by atomic mass is 16.3. The maximum absolute atomic E-state index is 10.7. The third-order valence-corrected chi connectivity index (χ3v) is 2.22. The van der Waals surface area contributed by atoms with Crippen LogP contribution in [0.4, 0.5) is 11.4 Å². The van der Waals surface area contributed by atoms with Gasteiger partial charge in [0.1, 0.15) is 5.69 Å². The summed E-state index contributed by atoms with van der Waals surface area (Å²) in [6, 6.07) is 6.98. The fourth-order valence-corrected chi connectivity index (χ4v) is 1.30. The zero-order chi connectivity index (χ0) is 12.0. The molecule has 1 amide bonds. The van der Waals surface area contributed by atoms with E-state index < -0.39 is 0 Å². The lowest BCUT2D eigenvalue weighted by Gasteiger charge is -2.19. The predicted molar refractivity (Wildman–Crippen MR) is 63.9 cm³/mol. The van der Waals surface area contributed by atoms with Crippen LogP contribution in [0.1, 0.15) is 6.92 Å². The van der Waals surface area contributed by atoms with Crippen molar-refractivity contribution in [1.82, 2.24) is 5.32 Å². The molecule has 5 nitrogen and oxygen atoms in total. The Bertz CT molecular complexity index is 362. The van der Waals surface area contributed by atoms with E-state index in [1.165, 1.54) is 6.92 Å². The molecule has 1 aromatic rings. The Morgan fingerprint density at radius 3 is 2.50 bits per heavy atom. The van der Waals surface area contributed by atoms with Gasteiger partial charge in [-0.2, -0.15) is 0 Å². The molecule has 0 atom stereocenters. The van der Waals surface area contributed by atoms with Crippen molar-refractivity contribution in [2.75, 3.05) is 25.0 Å². The topological polar surface area (TPSA) is 61.8 Å². The van der Waals surface area contributed by atoms with E-state index in [-0.39, 0.29) is 5.91 Å². The Kier molecular flexibility index (Phi) is 4.44. The number of benzene rings is 1. The van der Waals surface area contributed by atoms with E-state index in [0.717, 1.165) is 5.69 Å². The van der Waals surface area contributed by atoms with Gasteiger partial charge in [-0.25, -0.2) is 0 Å². The molecule has 5 heteroatoms. The van der Waals surface area contributed by atoms with Gasteiger partial charge in [0.15, 0.2) is 0 Å². The van der Waals surface area contributed by atoms with E-state index in [0.29, 0.717) is 18.8 Å². The van der Waals surface area contributed by atoms with Gasteiger partial charge in [-0.3, -0.25) is 4.79 Å². The standard InChI is InChI=1S/C11H15N3O2/c1-9(15)12-7-8-14(2)11-5-3-10(13-16)4-6-11/h3-6H,7-8H2,1-2H3,(H,12,15). The minimum Gasteiger partial charge on any atom is -0.373 e. The molecular weight excluding hydrogens is 206 g/mol. The maximum atomic E-state index is 10.7. The first-order chi connectivity index (χ1) is 7.63. The molecule has 0 fully saturated rings. The fraction of sp³-hybridized carbons (Fsp3) is 0.364. The summed E-state index contributed by atoms with van der Waals surface area (Å²) < 4.78 is 0. The third kappa shape index (κ3) is 3.68. The first-order valence-corrected chi connectivity index (χ1v) is 5.02. The molecule has 0 saturated carbocycles. The summed E-state index contributed by atoms with van der Waals surface area (Å²) >= 11 is 0. The summed E-state index contributed by atoms with van der Waals surface area (Å²) in [5.41, 5.74) is 1.40. The van der Waals surface area contributed by atoms with Crippen LogP contribution >= 0.6 is 0 Å². The van der Waals surface area contributed by atoms with Crippen LogP contribution in [0.25, 0.3) is 0 Å². The molecule has 0 aliphatic heterocycles. The molecule has 16 heavy (non-hydrogen) atoms. The zero-order valence-electron chi connectivity index (χ0n) is 9.43. The van der Waals surface area contributed by atoms with Gasteiger partial charge < -0.3 is 10.2 Å². The van der Waals surface area contributed by atoms with Crippen LogP contribution in [0, 0.1) is 4.91 Å². The van der Waals surface area contributed by atoms with Crippen LogP contribution in [0.15, 0.2) is 29.4 Å². The highest BCUT2D eigenvalue weighted by molar-refractivity contribution is 5.72. The summed E-state index contributed by atoms with van der Waals surface area (Å²) in [6.07, 6.45) is 0. The molecule has 0 saturated heterocycles. The summed E-state index contributed by atoms with van der Waals surface area (Å²) in [7, 11) is 1.92. The van der Waals surface area contributed by atoms with Crippen molar-refractivity contribution < 1.29 is 4.79 Å². The predicted octanol–water partition coefficient (Wildman–Crippen LogP) is 1.66. The largest absolute Gasteiger partial charge is 0.373 e. The molecule has 0 bridgehead atoms. The van der Waals surface area contributed by atoms with Gasteiger partial charge in [0, 0.05) is 32.7 Å². The molecule has 0 radical (unpaired) electrons. The average molecular weight is 221 g/mol. The van der Waals surface area contributed by atoms with E-state index in [4.69, 9.17) is 0 Å². The lowest BCUT2D eigenvalue weighted by molar-refractivity contribution is -0.118. The number of nitroso groups, excluding NO2 is 1. The zero-order valence-corrected chi connectivity index (χ0v) is 9.43. The molecule has 86 valence electrons. The molecule has 0 aromatic heterocycles. The van der Waals surface area contributed by atoms with Gasteiger partial charge in [0.2, 0.25) is 5.91 Å². The van der Waals surface area contributed by atoms with E-state index in [1.54, 1.807) is 12.1 Å². The summed E-state index contributed by atoms with van der Waals surface area (Å²) in [5.74, 6) is -0.0334. The Hall–Kier alpha value is -1.91. The lowest BCUT2D eigenvalue weighted by Crippen LogP contribution is -2.31. The van der Waals surface area contributed by atoms with E-state index in [2.05, 4.69) is 10.5 Å². The van der Waals surface area contributed by atoms with Crippen LogP contribution < -0.4 is 10.2 Å². The van der Waals surface area contributed by atoms with Gasteiger partial charge in [-0.15, -0.1) is 4.91 Å². The summed E-state index contributed by atoms with van der Waals surface area (Å²) in [4.78, 5) is 22.9. The number of anilines is 1. The van der Waals surface area contributed by atoms with Crippen molar-refractivity contribution in [3.63, 3.8) is 0 Å². The number of carbonyl (C=O) groups is 1. The number of carbonyl (C=O) groups excluding carboxylic acids is 1. The van der Waals surface area contributed by atoms with Gasteiger partial charge >= 0.3 is 0 Å². The summed E-state index contributed by atoms with van der Waals surface area (Å²) in [6.45, 7) is 2.80. The summed E-state index contributed by atoms with van der Waals surface area (Å²) in [5, 5.41) is 5.55. The smallest absolute Gasteiger partial charge is 0.216 e. The second kappa shape index (κ2) is 5.85. The Balaban J connectivity index is 2.48. The average Bonchev–Trinajstić information content (AvgIpc) is 2.28. The molecule has 0 heterocycles. The quantitative estimate of drug-likeness (QED) is 0.769.